The van der Waals surface area contributed by atoms with Crippen LogP contribution < -0.4 is 4.18 Å². The van der Waals surface area contributed by atoms with E-state index in [1.54, 1.807) is 18.2 Å². The highest BCUT2D eigenvalue weighted by Gasteiger charge is 2.21. The zero-order valence-electron chi connectivity index (χ0n) is 9.31. The summed E-state index contributed by atoms with van der Waals surface area (Å²) in [5, 5.41) is 0.315. The van der Waals surface area contributed by atoms with Crippen molar-refractivity contribution in [1.82, 2.24) is 0 Å². The summed E-state index contributed by atoms with van der Waals surface area (Å²) in [7, 11) is -4.04. The first-order chi connectivity index (χ1) is 8.90. The Morgan fingerprint density at radius 3 is 2.42 bits per heavy atom. The van der Waals surface area contributed by atoms with Crippen molar-refractivity contribution in [1.29, 1.82) is 0 Å². The lowest BCUT2D eigenvalue weighted by Crippen LogP contribution is -2.10. The average molecular weight is 382 g/mol. The van der Waals surface area contributed by atoms with Gasteiger partial charge in [0.25, 0.3) is 0 Å². The van der Waals surface area contributed by atoms with Crippen LogP contribution in [0.3, 0.4) is 0 Å². The molecule has 2 aromatic carbocycles. The number of halogens is 3. The van der Waals surface area contributed by atoms with Gasteiger partial charge in [0.1, 0.15) is 4.90 Å². The number of hydrogen-bond donors (Lipinski definition) is 0. The standard InChI is InChI=1S/C12H7BrCl2O3S/c13-9-3-1-2-4-11(9)18-19(16,17)12-7-8(14)5-6-10(12)15/h1-7H. The van der Waals surface area contributed by atoms with Crippen molar-refractivity contribution in [3.8, 4) is 5.75 Å². The summed E-state index contributed by atoms with van der Waals surface area (Å²) in [6.07, 6.45) is 0. The Morgan fingerprint density at radius 1 is 1.05 bits per heavy atom. The summed E-state index contributed by atoms with van der Waals surface area (Å²) >= 11 is 14.8. The Morgan fingerprint density at radius 2 is 1.74 bits per heavy atom. The third-order valence-electron chi connectivity index (χ3n) is 2.20. The van der Waals surface area contributed by atoms with Crippen LogP contribution in [0, 0.1) is 0 Å². The lowest BCUT2D eigenvalue weighted by molar-refractivity contribution is 0.484. The summed E-state index contributed by atoms with van der Waals surface area (Å²) in [6, 6.07) is 10.8. The molecular formula is C12H7BrCl2O3S. The molecule has 0 bridgehead atoms. The lowest BCUT2D eigenvalue weighted by atomic mass is 10.3. The summed E-state index contributed by atoms with van der Waals surface area (Å²) in [4.78, 5) is -0.169. The number of benzene rings is 2. The van der Waals surface area contributed by atoms with Crippen LogP contribution in [0.4, 0.5) is 0 Å². The molecule has 0 aliphatic rings. The van der Waals surface area contributed by atoms with E-state index in [4.69, 9.17) is 27.4 Å². The van der Waals surface area contributed by atoms with Crippen LogP contribution in [0.5, 0.6) is 5.75 Å². The van der Waals surface area contributed by atoms with Gasteiger partial charge in [-0.3, -0.25) is 0 Å². The highest BCUT2D eigenvalue weighted by molar-refractivity contribution is 9.10. The van der Waals surface area contributed by atoms with Gasteiger partial charge in [-0.1, -0.05) is 35.3 Å². The molecule has 0 aliphatic carbocycles. The van der Waals surface area contributed by atoms with E-state index < -0.39 is 10.1 Å². The van der Waals surface area contributed by atoms with E-state index in [1.807, 2.05) is 0 Å². The summed E-state index contributed by atoms with van der Waals surface area (Å²) in [5.74, 6) is 0.179. The topological polar surface area (TPSA) is 43.4 Å². The predicted molar refractivity (Wildman–Crippen MR) is 78.4 cm³/mol. The molecule has 0 unspecified atom stereocenters. The summed E-state index contributed by atoms with van der Waals surface area (Å²) in [5.41, 5.74) is 0. The first kappa shape index (κ1) is 14.7. The molecule has 2 aromatic rings. The molecule has 0 spiro atoms. The molecule has 0 N–H and O–H groups in total. The van der Waals surface area contributed by atoms with Gasteiger partial charge in [0.05, 0.1) is 9.50 Å². The van der Waals surface area contributed by atoms with Gasteiger partial charge in [-0.2, -0.15) is 8.42 Å². The predicted octanol–water partition coefficient (Wildman–Crippen LogP) is 4.52. The second-order valence-corrected chi connectivity index (χ2v) is 6.76. The van der Waals surface area contributed by atoms with Gasteiger partial charge in [-0.05, 0) is 46.3 Å². The molecule has 0 fully saturated rings. The molecule has 0 aromatic heterocycles. The van der Waals surface area contributed by atoms with Crippen molar-refractivity contribution >= 4 is 49.2 Å². The van der Waals surface area contributed by atoms with Crippen molar-refractivity contribution in [3.63, 3.8) is 0 Å². The SMILES string of the molecule is O=S(=O)(Oc1ccccc1Br)c1cc(Cl)ccc1Cl. The van der Waals surface area contributed by atoms with Crippen LogP contribution in [0.2, 0.25) is 10.0 Å². The van der Waals surface area contributed by atoms with Crippen molar-refractivity contribution in [2.45, 2.75) is 4.90 Å². The molecule has 2 rings (SSSR count). The van der Waals surface area contributed by atoms with Crippen LogP contribution in [0.15, 0.2) is 51.8 Å². The van der Waals surface area contributed by atoms with Crippen LogP contribution in [0.25, 0.3) is 0 Å². The molecule has 100 valence electrons. The van der Waals surface area contributed by atoms with Crippen LogP contribution >= 0.6 is 39.1 Å². The molecule has 0 aliphatic heterocycles. The quantitative estimate of drug-likeness (QED) is 0.734. The highest BCUT2D eigenvalue weighted by atomic mass is 79.9. The van der Waals surface area contributed by atoms with Crippen molar-refractivity contribution in [3.05, 3.63) is 57.0 Å². The maximum atomic E-state index is 12.1. The number of hydrogen-bond acceptors (Lipinski definition) is 3. The van der Waals surface area contributed by atoms with Crippen LogP contribution in [-0.4, -0.2) is 8.42 Å². The Balaban J connectivity index is 2.44. The molecule has 0 radical (unpaired) electrons. The highest BCUT2D eigenvalue weighted by Crippen LogP contribution is 2.30. The molecule has 0 saturated carbocycles. The number of para-hydroxylation sites is 1. The average Bonchev–Trinajstić information content (AvgIpc) is 2.35. The first-order valence-corrected chi connectivity index (χ1v) is 8.00. The molecule has 0 saturated heterocycles. The third-order valence-corrected chi connectivity index (χ3v) is 4.81. The monoisotopic (exact) mass is 380 g/mol. The van der Waals surface area contributed by atoms with Gasteiger partial charge in [-0.25, -0.2) is 0 Å². The molecular weight excluding hydrogens is 375 g/mol. The zero-order valence-corrected chi connectivity index (χ0v) is 13.2. The summed E-state index contributed by atoms with van der Waals surface area (Å²) < 4.78 is 29.8. The van der Waals surface area contributed by atoms with E-state index in [9.17, 15) is 8.42 Å². The van der Waals surface area contributed by atoms with Gasteiger partial charge >= 0.3 is 10.1 Å². The van der Waals surface area contributed by atoms with E-state index in [0.29, 0.717) is 4.47 Å². The van der Waals surface area contributed by atoms with E-state index in [1.165, 1.54) is 24.3 Å². The van der Waals surface area contributed by atoms with Gasteiger partial charge in [0.15, 0.2) is 5.75 Å². The minimum atomic E-state index is -4.04. The molecule has 0 amide bonds. The molecule has 0 heterocycles. The lowest BCUT2D eigenvalue weighted by Gasteiger charge is -2.09. The normalized spacial score (nSPS) is 11.3. The van der Waals surface area contributed by atoms with Crippen molar-refractivity contribution < 1.29 is 12.6 Å². The van der Waals surface area contributed by atoms with Gasteiger partial charge in [0.2, 0.25) is 0 Å². The minimum Gasteiger partial charge on any atom is -0.378 e. The van der Waals surface area contributed by atoms with E-state index >= 15 is 0 Å². The Bertz CT molecular complexity index is 717. The largest absolute Gasteiger partial charge is 0.378 e. The fourth-order valence-electron chi connectivity index (χ4n) is 1.34. The second-order valence-electron chi connectivity index (χ2n) is 3.54. The van der Waals surface area contributed by atoms with Crippen molar-refractivity contribution in [2.24, 2.45) is 0 Å². The molecule has 3 nitrogen and oxygen atoms in total. The smallest absolute Gasteiger partial charge is 0.340 e. The van der Waals surface area contributed by atoms with E-state index in [0.717, 1.165) is 0 Å². The molecule has 7 heteroatoms. The first-order valence-electron chi connectivity index (χ1n) is 5.04. The van der Waals surface area contributed by atoms with Crippen LogP contribution in [-0.2, 0) is 10.1 Å². The zero-order chi connectivity index (χ0) is 14.0. The minimum absolute atomic E-state index is 0.0523. The molecule has 0 atom stereocenters. The Labute approximate surface area is 129 Å². The fourth-order valence-corrected chi connectivity index (χ4v) is 3.50. The van der Waals surface area contributed by atoms with Gasteiger partial charge < -0.3 is 4.18 Å². The van der Waals surface area contributed by atoms with E-state index in [-0.39, 0.29) is 20.7 Å². The van der Waals surface area contributed by atoms with Gasteiger partial charge in [0, 0.05) is 5.02 Å². The fraction of sp³-hybridized carbons (Fsp3) is 0. The number of rotatable bonds is 3. The Kier molecular flexibility index (Phi) is 4.40. The maximum absolute atomic E-state index is 12.1. The van der Waals surface area contributed by atoms with E-state index in [2.05, 4.69) is 15.9 Å². The Hall–Kier alpha value is -0.750. The molecule has 19 heavy (non-hydrogen) atoms. The second kappa shape index (κ2) is 5.71. The van der Waals surface area contributed by atoms with Crippen LogP contribution in [0.1, 0.15) is 0 Å². The maximum Gasteiger partial charge on any atom is 0.340 e. The van der Waals surface area contributed by atoms with Gasteiger partial charge in [-0.15, -0.1) is 0 Å². The van der Waals surface area contributed by atoms with Crippen molar-refractivity contribution in [2.75, 3.05) is 0 Å². The third kappa shape index (κ3) is 3.42. The summed E-state index contributed by atoms with van der Waals surface area (Å²) in [6.45, 7) is 0.